The maximum absolute atomic E-state index is 11.9. The number of aromatic amines is 1. The zero-order valence-electron chi connectivity index (χ0n) is 10.3. The van der Waals surface area contributed by atoms with Crippen molar-refractivity contribution in [1.82, 2.24) is 9.55 Å². The summed E-state index contributed by atoms with van der Waals surface area (Å²) >= 11 is 0. The van der Waals surface area contributed by atoms with Crippen LogP contribution in [0, 0.1) is 6.92 Å². The van der Waals surface area contributed by atoms with Crippen LogP contribution in [-0.4, -0.2) is 22.1 Å². The highest BCUT2D eigenvalue weighted by molar-refractivity contribution is 5.88. The summed E-state index contributed by atoms with van der Waals surface area (Å²) in [4.78, 5) is 26.1. The molecule has 94 valence electrons. The number of ether oxygens (including phenoxy) is 1. The zero-order chi connectivity index (χ0) is 13.1. The molecule has 0 bridgehead atoms. The van der Waals surface area contributed by atoms with Crippen molar-refractivity contribution in [3.8, 4) is 5.69 Å². The van der Waals surface area contributed by atoms with Crippen LogP contribution in [-0.2, 0) is 4.74 Å². The van der Waals surface area contributed by atoms with Gasteiger partial charge in [-0.05, 0) is 26.0 Å². The van der Waals surface area contributed by atoms with Crippen molar-refractivity contribution in [3.05, 3.63) is 52.2 Å². The summed E-state index contributed by atoms with van der Waals surface area (Å²) in [6.45, 7) is 3.70. The van der Waals surface area contributed by atoms with Crippen LogP contribution in [0.1, 0.15) is 23.1 Å². The zero-order valence-corrected chi connectivity index (χ0v) is 10.3. The van der Waals surface area contributed by atoms with Gasteiger partial charge >= 0.3 is 11.7 Å². The number of rotatable bonds is 3. The fraction of sp³-hybridized carbons (Fsp3) is 0.231. The van der Waals surface area contributed by atoms with Gasteiger partial charge in [-0.3, -0.25) is 9.55 Å². The van der Waals surface area contributed by atoms with Crippen LogP contribution >= 0.6 is 0 Å². The molecule has 1 aromatic carbocycles. The molecule has 0 unspecified atom stereocenters. The smallest absolute Gasteiger partial charge is 0.356 e. The van der Waals surface area contributed by atoms with Crippen molar-refractivity contribution in [2.75, 3.05) is 6.61 Å². The number of carbonyl (C=O) groups excluding carboxylic acids is 1. The molecule has 1 aromatic heterocycles. The van der Waals surface area contributed by atoms with Crippen LogP contribution in [0.15, 0.2) is 35.1 Å². The van der Waals surface area contributed by atoms with E-state index in [1.165, 1.54) is 4.57 Å². The van der Waals surface area contributed by atoms with Crippen LogP contribution in [0.3, 0.4) is 0 Å². The highest BCUT2D eigenvalue weighted by Crippen LogP contribution is 2.11. The van der Waals surface area contributed by atoms with Gasteiger partial charge in [-0.1, -0.05) is 18.2 Å². The fourth-order valence-corrected chi connectivity index (χ4v) is 1.81. The van der Waals surface area contributed by atoms with Gasteiger partial charge in [0.25, 0.3) is 0 Å². The quantitative estimate of drug-likeness (QED) is 0.837. The van der Waals surface area contributed by atoms with Crippen molar-refractivity contribution < 1.29 is 9.53 Å². The third kappa shape index (κ3) is 2.07. The number of imidazole rings is 1. The second-order valence-electron chi connectivity index (χ2n) is 3.78. The highest BCUT2D eigenvalue weighted by atomic mass is 16.5. The number of esters is 1. The van der Waals surface area contributed by atoms with Gasteiger partial charge in [0.2, 0.25) is 0 Å². The Morgan fingerprint density at radius 2 is 2.00 bits per heavy atom. The second kappa shape index (κ2) is 4.91. The van der Waals surface area contributed by atoms with E-state index in [1.807, 2.05) is 18.2 Å². The second-order valence-corrected chi connectivity index (χ2v) is 3.78. The van der Waals surface area contributed by atoms with Crippen molar-refractivity contribution in [2.24, 2.45) is 0 Å². The minimum absolute atomic E-state index is 0.200. The highest BCUT2D eigenvalue weighted by Gasteiger charge is 2.18. The standard InChI is InChI=1S/C13H14N2O3/c1-3-18-12(16)11-9(2)15(13(17)14-11)10-7-5-4-6-8-10/h4-8H,3H2,1-2H3,(H,14,17). The predicted molar refractivity (Wildman–Crippen MR) is 67.1 cm³/mol. The Morgan fingerprint density at radius 1 is 1.33 bits per heavy atom. The topological polar surface area (TPSA) is 64.1 Å². The van der Waals surface area contributed by atoms with E-state index in [0.717, 1.165) is 0 Å². The Balaban J connectivity index is 2.52. The molecule has 0 aliphatic carbocycles. The Kier molecular flexibility index (Phi) is 3.32. The third-order valence-electron chi connectivity index (χ3n) is 2.63. The van der Waals surface area contributed by atoms with E-state index in [1.54, 1.807) is 26.0 Å². The van der Waals surface area contributed by atoms with Crippen molar-refractivity contribution in [2.45, 2.75) is 13.8 Å². The van der Waals surface area contributed by atoms with Crippen LogP contribution in [0.2, 0.25) is 0 Å². The lowest BCUT2D eigenvalue weighted by molar-refractivity contribution is 0.0519. The molecule has 0 radical (unpaired) electrons. The normalized spacial score (nSPS) is 10.3. The summed E-state index contributed by atoms with van der Waals surface area (Å²) in [6, 6.07) is 9.13. The lowest BCUT2D eigenvalue weighted by Gasteiger charge is -2.04. The van der Waals surface area contributed by atoms with Gasteiger partial charge in [0, 0.05) is 0 Å². The third-order valence-corrected chi connectivity index (χ3v) is 2.63. The number of hydrogen-bond donors (Lipinski definition) is 1. The van der Waals surface area contributed by atoms with Gasteiger partial charge in [0.05, 0.1) is 18.0 Å². The van der Waals surface area contributed by atoms with Crippen molar-refractivity contribution >= 4 is 5.97 Å². The molecule has 0 spiro atoms. The molecule has 5 heteroatoms. The van der Waals surface area contributed by atoms with Crippen LogP contribution < -0.4 is 5.69 Å². The molecule has 0 aliphatic rings. The van der Waals surface area contributed by atoms with E-state index < -0.39 is 5.97 Å². The molecule has 1 heterocycles. The first-order valence-electron chi connectivity index (χ1n) is 5.69. The van der Waals surface area contributed by atoms with Gasteiger partial charge in [0.1, 0.15) is 5.69 Å². The molecule has 2 rings (SSSR count). The molecule has 18 heavy (non-hydrogen) atoms. The summed E-state index contributed by atoms with van der Waals surface area (Å²) in [7, 11) is 0. The van der Waals surface area contributed by atoms with Crippen LogP contribution in [0.5, 0.6) is 0 Å². The van der Waals surface area contributed by atoms with E-state index >= 15 is 0 Å². The average molecular weight is 246 g/mol. The molecule has 0 aliphatic heterocycles. The molecule has 0 saturated carbocycles. The summed E-state index contributed by atoms with van der Waals surface area (Å²) in [5, 5.41) is 0. The molecule has 0 amide bonds. The Labute approximate surface area is 104 Å². The molecule has 0 saturated heterocycles. The summed E-state index contributed by atoms with van der Waals surface area (Å²) < 4.78 is 6.34. The molecular formula is C13H14N2O3. The summed E-state index contributed by atoms with van der Waals surface area (Å²) in [5.41, 5.74) is 1.11. The summed E-state index contributed by atoms with van der Waals surface area (Å²) in [5.74, 6) is -0.512. The molecule has 0 atom stereocenters. The minimum atomic E-state index is -0.512. The first-order chi connectivity index (χ1) is 8.65. The predicted octanol–water partition coefficient (Wildman–Crippen LogP) is 1.65. The van der Waals surface area contributed by atoms with E-state index in [4.69, 9.17) is 4.74 Å². The first-order valence-corrected chi connectivity index (χ1v) is 5.69. The number of carbonyl (C=O) groups is 1. The van der Waals surface area contributed by atoms with E-state index in [0.29, 0.717) is 11.4 Å². The van der Waals surface area contributed by atoms with E-state index in [2.05, 4.69) is 4.98 Å². The van der Waals surface area contributed by atoms with Gasteiger partial charge in [0.15, 0.2) is 0 Å². The van der Waals surface area contributed by atoms with E-state index in [-0.39, 0.29) is 18.0 Å². The number of H-pyrrole nitrogens is 1. The van der Waals surface area contributed by atoms with Crippen molar-refractivity contribution in [1.29, 1.82) is 0 Å². The summed E-state index contributed by atoms with van der Waals surface area (Å²) in [6.07, 6.45) is 0. The molecule has 2 aromatic rings. The minimum Gasteiger partial charge on any atom is -0.461 e. The number of nitrogens with one attached hydrogen (secondary N) is 1. The van der Waals surface area contributed by atoms with Gasteiger partial charge in [-0.15, -0.1) is 0 Å². The lowest BCUT2D eigenvalue weighted by Crippen LogP contribution is -2.15. The molecule has 5 nitrogen and oxygen atoms in total. The van der Waals surface area contributed by atoms with Crippen LogP contribution in [0.4, 0.5) is 0 Å². The van der Waals surface area contributed by atoms with Gasteiger partial charge in [-0.2, -0.15) is 0 Å². The largest absolute Gasteiger partial charge is 0.461 e. The Bertz CT molecular complexity index is 611. The maximum Gasteiger partial charge on any atom is 0.356 e. The maximum atomic E-state index is 11.9. The number of nitrogens with zero attached hydrogens (tertiary/aromatic N) is 1. The van der Waals surface area contributed by atoms with Crippen molar-refractivity contribution in [3.63, 3.8) is 0 Å². The number of benzene rings is 1. The molecule has 0 fully saturated rings. The molecular weight excluding hydrogens is 232 g/mol. The SMILES string of the molecule is CCOC(=O)c1[nH]c(=O)n(-c2ccccc2)c1C. The lowest BCUT2D eigenvalue weighted by atomic mass is 10.3. The Hall–Kier alpha value is -2.30. The number of para-hydroxylation sites is 1. The first kappa shape index (κ1) is 12.2. The van der Waals surface area contributed by atoms with Gasteiger partial charge in [-0.25, -0.2) is 9.59 Å². The number of hydrogen-bond acceptors (Lipinski definition) is 3. The van der Waals surface area contributed by atoms with E-state index in [9.17, 15) is 9.59 Å². The fourth-order valence-electron chi connectivity index (χ4n) is 1.81. The molecule has 1 N–H and O–H groups in total. The van der Waals surface area contributed by atoms with Gasteiger partial charge < -0.3 is 4.74 Å². The monoisotopic (exact) mass is 246 g/mol. The number of aromatic nitrogens is 2. The average Bonchev–Trinajstić information content (AvgIpc) is 2.66. The van der Waals surface area contributed by atoms with Crippen LogP contribution in [0.25, 0.3) is 5.69 Å². The Morgan fingerprint density at radius 3 is 2.61 bits per heavy atom.